The SMILES string of the molecule is CCO/C=N/c1scc(-c2ccc(Cl)c(C(F)(F)F)c2)c1C(=O)OCC. The molecular formula is C17H15ClF3NO3S. The van der Waals surface area contributed by atoms with Gasteiger partial charge in [0.2, 0.25) is 0 Å². The molecular weight excluding hydrogens is 391 g/mol. The van der Waals surface area contributed by atoms with Crippen LogP contribution < -0.4 is 0 Å². The summed E-state index contributed by atoms with van der Waals surface area (Å²) in [6.07, 6.45) is -3.43. The van der Waals surface area contributed by atoms with E-state index in [1.54, 1.807) is 19.2 Å². The van der Waals surface area contributed by atoms with Crippen molar-refractivity contribution in [3.05, 3.63) is 39.7 Å². The fourth-order valence-electron chi connectivity index (χ4n) is 2.13. The van der Waals surface area contributed by atoms with Crippen molar-refractivity contribution in [1.82, 2.24) is 0 Å². The monoisotopic (exact) mass is 405 g/mol. The number of hydrogen-bond donors (Lipinski definition) is 0. The number of alkyl halides is 3. The minimum absolute atomic E-state index is 0.0863. The maximum atomic E-state index is 13.1. The summed E-state index contributed by atoms with van der Waals surface area (Å²) in [5.74, 6) is -0.670. The van der Waals surface area contributed by atoms with Gasteiger partial charge in [-0.2, -0.15) is 13.2 Å². The predicted molar refractivity (Wildman–Crippen MR) is 95.5 cm³/mol. The van der Waals surface area contributed by atoms with E-state index in [0.29, 0.717) is 12.2 Å². The Morgan fingerprint density at radius 2 is 2.04 bits per heavy atom. The van der Waals surface area contributed by atoms with Crippen molar-refractivity contribution in [3.8, 4) is 11.1 Å². The smallest absolute Gasteiger partial charge is 0.417 e. The molecule has 0 aliphatic rings. The van der Waals surface area contributed by atoms with Crippen molar-refractivity contribution in [2.45, 2.75) is 20.0 Å². The van der Waals surface area contributed by atoms with Crippen molar-refractivity contribution in [1.29, 1.82) is 0 Å². The second-order valence-corrected chi connectivity index (χ2v) is 6.20. The second kappa shape index (κ2) is 8.55. The average Bonchev–Trinajstić information content (AvgIpc) is 2.98. The molecule has 0 fully saturated rings. The van der Waals surface area contributed by atoms with Crippen LogP contribution in [0.25, 0.3) is 11.1 Å². The molecule has 0 aliphatic carbocycles. The minimum Gasteiger partial charge on any atom is -0.483 e. The van der Waals surface area contributed by atoms with Gasteiger partial charge in [-0.05, 0) is 31.5 Å². The first kappa shape index (κ1) is 20.3. The van der Waals surface area contributed by atoms with E-state index in [0.717, 1.165) is 23.5 Å². The maximum absolute atomic E-state index is 13.1. The van der Waals surface area contributed by atoms with Gasteiger partial charge in [0.25, 0.3) is 0 Å². The molecule has 0 atom stereocenters. The molecule has 0 amide bonds. The maximum Gasteiger partial charge on any atom is 0.417 e. The van der Waals surface area contributed by atoms with Crippen LogP contribution in [0.4, 0.5) is 18.2 Å². The van der Waals surface area contributed by atoms with Crippen molar-refractivity contribution >= 4 is 40.3 Å². The van der Waals surface area contributed by atoms with Gasteiger partial charge in [0.15, 0.2) is 6.40 Å². The summed E-state index contributed by atoms with van der Waals surface area (Å²) in [6, 6.07) is 3.47. The molecule has 26 heavy (non-hydrogen) atoms. The first-order valence-electron chi connectivity index (χ1n) is 7.59. The molecule has 0 bridgehead atoms. The molecule has 1 heterocycles. The molecule has 0 N–H and O–H groups in total. The first-order chi connectivity index (χ1) is 12.3. The molecule has 0 unspecified atom stereocenters. The summed E-state index contributed by atoms with van der Waals surface area (Å²) in [7, 11) is 0. The van der Waals surface area contributed by atoms with Crippen LogP contribution in [0, 0.1) is 0 Å². The van der Waals surface area contributed by atoms with Gasteiger partial charge < -0.3 is 9.47 Å². The molecule has 0 saturated heterocycles. The molecule has 0 radical (unpaired) electrons. The number of hydrogen-bond acceptors (Lipinski definition) is 5. The van der Waals surface area contributed by atoms with Gasteiger partial charge in [-0.3, -0.25) is 0 Å². The van der Waals surface area contributed by atoms with Crippen LogP contribution >= 0.6 is 22.9 Å². The van der Waals surface area contributed by atoms with Crippen LogP contribution in [0.15, 0.2) is 28.6 Å². The lowest BCUT2D eigenvalue weighted by atomic mass is 10.0. The minimum atomic E-state index is -4.61. The number of nitrogens with zero attached hydrogens (tertiary/aromatic N) is 1. The third-order valence-electron chi connectivity index (χ3n) is 3.25. The van der Waals surface area contributed by atoms with Crippen molar-refractivity contribution in [2.24, 2.45) is 4.99 Å². The summed E-state index contributed by atoms with van der Waals surface area (Å²) in [6.45, 7) is 3.92. The molecule has 2 aromatic rings. The van der Waals surface area contributed by atoms with Gasteiger partial charge in [0.1, 0.15) is 10.6 Å². The van der Waals surface area contributed by atoms with Gasteiger partial charge in [-0.1, -0.05) is 17.7 Å². The molecule has 2 rings (SSSR count). The van der Waals surface area contributed by atoms with E-state index < -0.39 is 22.7 Å². The Hall–Kier alpha value is -2.06. The summed E-state index contributed by atoms with van der Waals surface area (Å²) < 4.78 is 49.4. The molecule has 1 aromatic carbocycles. The highest BCUT2D eigenvalue weighted by molar-refractivity contribution is 7.14. The van der Waals surface area contributed by atoms with Crippen molar-refractivity contribution < 1.29 is 27.4 Å². The number of ether oxygens (including phenoxy) is 2. The Labute approximate surface area is 157 Å². The Bertz CT molecular complexity index is 818. The fourth-order valence-corrected chi connectivity index (χ4v) is 3.25. The zero-order valence-corrected chi connectivity index (χ0v) is 15.5. The zero-order valence-electron chi connectivity index (χ0n) is 13.9. The number of carbonyl (C=O) groups is 1. The number of aliphatic imine (C=N–C) groups is 1. The highest BCUT2D eigenvalue weighted by Gasteiger charge is 2.34. The largest absolute Gasteiger partial charge is 0.483 e. The molecule has 4 nitrogen and oxygen atoms in total. The first-order valence-corrected chi connectivity index (χ1v) is 8.85. The third-order valence-corrected chi connectivity index (χ3v) is 4.46. The highest BCUT2D eigenvalue weighted by Crippen LogP contribution is 2.41. The lowest BCUT2D eigenvalue weighted by Gasteiger charge is -2.11. The number of thiophene rings is 1. The van der Waals surface area contributed by atoms with E-state index in [9.17, 15) is 18.0 Å². The van der Waals surface area contributed by atoms with Gasteiger partial charge in [0, 0.05) is 10.9 Å². The molecule has 0 spiro atoms. The number of carbonyl (C=O) groups excluding carboxylic acids is 1. The van der Waals surface area contributed by atoms with E-state index >= 15 is 0 Å². The van der Waals surface area contributed by atoms with E-state index in [1.165, 1.54) is 12.5 Å². The number of esters is 1. The average molecular weight is 406 g/mol. The molecule has 140 valence electrons. The summed E-state index contributed by atoms with van der Waals surface area (Å²) >= 11 is 6.76. The van der Waals surface area contributed by atoms with Gasteiger partial charge in [0.05, 0.1) is 23.8 Å². The normalized spacial score (nSPS) is 11.8. The molecule has 9 heteroatoms. The molecule has 1 aromatic heterocycles. The van der Waals surface area contributed by atoms with E-state index in [4.69, 9.17) is 21.1 Å². The van der Waals surface area contributed by atoms with Crippen LogP contribution in [0.5, 0.6) is 0 Å². The van der Waals surface area contributed by atoms with Crippen LogP contribution in [0.1, 0.15) is 29.8 Å². The van der Waals surface area contributed by atoms with Crippen LogP contribution in [0.3, 0.4) is 0 Å². The Kier molecular flexibility index (Phi) is 6.66. The number of rotatable bonds is 6. The predicted octanol–water partition coefficient (Wildman–Crippen LogP) is 5.96. The van der Waals surface area contributed by atoms with Crippen molar-refractivity contribution in [3.63, 3.8) is 0 Å². The van der Waals surface area contributed by atoms with Gasteiger partial charge >= 0.3 is 12.1 Å². The standard InChI is InChI=1S/C17H15ClF3NO3S/c1-3-24-9-22-15-14(16(23)25-4-2)11(8-26-15)10-5-6-13(18)12(7-10)17(19,20)21/h5-9H,3-4H2,1-2H3/b22-9+. The Morgan fingerprint density at radius 1 is 1.31 bits per heavy atom. The number of benzene rings is 1. The molecule has 0 aliphatic heterocycles. The van der Waals surface area contributed by atoms with E-state index in [-0.39, 0.29) is 22.7 Å². The fraction of sp³-hybridized carbons (Fsp3) is 0.294. The Morgan fingerprint density at radius 3 is 2.65 bits per heavy atom. The third kappa shape index (κ3) is 4.56. The zero-order chi connectivity index (χ0) is 19.3. The lowest BCUT2D eigenvalue weighted by molar-refractivity contribution is -0.137. The summed E-state index contributed by atoms with van der Waals surface area (Å²) in [5.41, 5.74) is -0.404. The topological polar surface area (TPSA) is 47.9 Å². The van der Waals surface area contributed by atoms with E-state index in [2.05, 4.69) is 4.99 Å². The lowest BCUT2D eigenvalue weighted by Crippen LogP contribution is -2.07. The van der Waals surface area contributed by atoms with Crippen LogP contribution in [-0.4, -0.2) is 25.6 Å². The number of halogens is 4. The van der Waals surface area contributed by atoms with Gasteiger partial charge in [-0.15, -0.1) is 11.3 Å². The van der Waals surface area contributed by atoms with Gasteiger partial charge in [-0.25, -0.2) is 9.79 Å². The quantitative estimate of drug-likeness (QED) is 0.338. The van der Waals surface area contributed by atoms with E-state index in [1.807, 2.05) is 0 Å². The summed E-state index contributed by atoms with van der Waals surface area (Å²) in [5, 5.41) is 1.42. The summed E-state index contributed by atoms with van der Waals surface area (Å²) in [4.78, 5) is 16.4. The Balaban J connectivity index is 2.57. The highest BCUT2D eigenvalue weighted by atomic mass is 35.5. The van der Waals surface area contributed by atoms with Crippen LogP contribution in [0.2, 0.25) is 5.02 Å². The van der Waals surface area contributed by atoms with Crippen molar-refractivity contribution in [2.75, 3.05) is 13.2 Å². The van der Waals surface area contributed by atoms with Crippen LogP contribution in [-0.2, 0) is 15.7 Å². The molecule has 0 saturated carbocycles. The second-order valence-electron chi connectivity index (χ2n) is 4.93.